The van der Waals surface area contributed by atoms with Gasteiger partial charge in [-0.1, -0.05) is 30.7 Å². The summed E-state index contributed by atoms with van der Waals surface area (Å²) in [6, 6.07) is 8.34. The summed E-state index contributed by atoms with van der Waals surface area (Å²) in [6.45, 7) is 6.06. The Morgan fingerprint density at radius 1 is 1.27 bits per heavy atom. The van der Waals surface area contributed by atoms with Gasteiger partial charge >= 0.3 is 0 Å². The summed E-state index contributed by atoms with van der Waals surface area (Å²) in [5, 5.41) is 0. The zero-order valence-corrected chi connectivity index (χ0v) is 9.37. The summed E-state index contributed by atoms with van der Waals surface area (Å²) >= 11 is 0. The lowest BCUT2D eigenvalue weighted by Gasteiger charge is -1.99. The molecule has 2 heteroatoms. The Labute approximate surface area is 90.0 Å². The summed E-state index contributed by atoms with van der Waals surface area (Å²) in [4.78, 5) is 4.43. The topological polar surface area (TPSA) is 26.0 Å². The van der Waals surface area contributed by atoms with Crippen LogP contribution in [0, 0.1) is 13.8 Å². The molecule has 0 spiro atoms. The van der Waals surface area contributed by atoms with Gasteiger partial charge < -0.3 is 4.42 Å². The molecule has 0 unspecified atom stereocenters. The maximum atomic E-state index is 5.55. The minimum atomic E-state index is 0.739. The zero-order chi connectivity index (χ0) is 10.8. The van der Waals surface area contributed by atoms with Gasteiger partial charge in [0.15, 0.2) is 5.89 Å². The van der Waals surface area contributed by atoms with Gasteiger partial charge in [0.1, 0.15) is 11.5 Å². The minimum Gasteiger partial charge on any atom is -0.445 e. The molecule has 15 heavy (non-hydrogen) atoms. The smallest absolute Gasteiger partial charge is 0.191 e. The number of nitrogens with zero attached hydrogens (tertiary/aromatic N) is 1. The summed E-state index contributed by atoms with van der Waals surface area (Å²) < 4.78 is 5.55. The second-order valence-corrected chi connectivity index (χ2v) is 3.73. The fourth-order valence-electron chi connectivity index (χ4n) is 1.73. The highest BCUT2D eigenvalue weighted by atomic mass is 16.4. The van der Waals surface area contributed by atoms with Gasteiger partial charge in [0, 0.05) is 18.9 Å². The van der Waals surface area contributed by atoms with Crippen molar-refractivity contribution >= 4 is 0 Å². The lowest BCUT2D eigenvalue weighted by molar-refractivity contribution is 0.480. The van der Waals surface area contributed by atoms with Gasteiger partial charge in [-0.05, 0) is 13.0 Å². The maximum Gasteiger partial charge on any atom is 0.191 e. The predicted molar refractivity (Wildman–Crippen MR) is 60.8 cm³/mol. The zero-order valence-electron chi connectivity index (χ0n) is 9.37. The van der Waals surface area contributed by atoms with E-state index in [1.165, 1.54) is 5.56 Å². The molecule has 0 amide bonds. The lowest BCUT2D eigenvalue weighted by Crippen LogP contribution is -1.84. The summed E-state index contributed by atoms with van der Waals surface area (Å²) in [5.74, 6) is 1.71. The predicted octanol–water partition coefficient (Wildman–Crippen LogP) is 3.52. The fraction of sp³-hybridized carbons (Fsp3) is 0.308. The van der Waals surface area contributed by atoms with Crippen molar-refractivity contribution in [3.63, 3.8) is 0 Å². The van der Waals surface area contributed by atoms with Crippen LogP contribution in [0.3, 0.4) is 0 Å². The Hall–Kier alpha value is -1.57. The first-order chi connectivity index (χ1) is 7.20. The van der Waals surface area contributed by atoms with E-state index in [0.717, 1.165) is 29.3 Å². The number of oxazole rings is 1. The second-order valence-electron chi connectivity index (χ2n) is 3.73. The molecule has 0 saturated heterocycles. The van der Waals surface area contributed by atoms with Gasteiger partial charge in [-0.3, -0.25) is 0 Å². The Kier molecular flexibility index (Phi) is 2.58. The van der Waals surface area contributed by atoms with Crippen LogP contribution in [-0.2, 0) is 6.42 Å². The Morgan fingerprint density at radius 3 is 2.73 bits per heavy atom. The number of benzene rings is 1. The fourth-order valence-corrected chi connectivity index (χ4v) is 1.73. The first kappa shape index (κ1) is 9.97. The highest BCUT2D eigenvalue weighted by Crippen LogP contribution is 2.24. The highest BCUT2D eigenvalue weighted by molar-refractivity contribution is 5.62. The first-order valence-electron chi connectivity index (χ1n) is 5.24. The van der Waals surface area contributed by atoms with E-state index < -0.39 is 0 Å². The Bertz CT molecular complexity index is 471. The van der Waals surface area contributed by atoms with Crippen LogP contribution in [0.1, 0.15) is 24.1 Å². The molecular formula is C13H15NO. The van der Waals surface area contributed by atoms with E-state index in [2.05, 4.69) is 37.0 Å². The molecule has 1 aromatic carbocycles. The van der Waals surface area contributed by atoms with Crippen LogP contribution >= 0.6 is 0 Å². The third kappa shape index (κ3) is 1.94. The van der Waals surface area contributed by atoms with E-state index in [4.69, 9.17) is 4.42 Å². The van der Waals surface area contributed by atoms with E-state index in [1.807, 2.05) is 13.0 Å². The van der Waals surface area contributed by atoms with Gasteiger partial charge in [-0.25, -0.2) is 4.98 Å². The molecule has 0 aliphatic heterocycles. The number of hydrogen-bond acceptors (Lipinski definition) is 2. The highest BCUT2D eigenvalue weighted by Gasteiger charge is 2.10. The third-order valence-electron chi connectivity index (χ3n) is 2.42. The van der Waals surface area contributed by atoms with Crippen LogP contribution in [-0.4, -0.2) is 4.98 Å². The van der Waals surface area contributed by atoms with Crippen molar-refractivity contribution < 1.29 is 4.42 Å². The van der Waals surface area contributed by atoms with Crippen molar-refractivity contribution in [2.24, 2.45) is 0 Å². The van der Waals surface area contributed by atoms with E-state index in [1.54, 1.807) is 0 Å². The molecule has 1 aromatic heterocycles. The molecular weight excluding hydrogens is 186 g/mol. The van der Waals surface area contributed by atoms with Crippen LogP contribution in [0.2, 0.25) is 0 Å². The molecule has 0 radical (unpaired) electrons. The lowest BCUT2D eigenvalue weighted by atomic mass is 10.1. The van der Waals surface area contributed by atoms with Crippen molar-refractivity contribution in [3.05, 3.63) is 41.5 Å². The second kappa shape index (κ2) is 3.89. The van der Waals surface area contributed by atoms with Gasteiger partial charge in [0.05, 0.1) is 0 Å². The Balaban J connectivity index is 2.53. The summed E-state index contributed by atoms with van der Waals surface area (Å²) in [6.07, 6.45) is 0.879. The molecule has 0 fully saturated rings. The normalized spacial score (nSPS) is 10.6. The molecule has 0 N–H and O–H groups in total. The van der Waals surface area contributed by atoms with Gasteiger partial charge in [-0.15, -0.1) is 0 Å². The summed E-state index contributed by atoms with van der Waals surface area (Å²) in [7, 11) is 0. The van der Waals surface area contributed by atoms with Gasteiger partial charge in [0.2, 0.25) is 0 Å². The molecule has 78 valence electrons. The standard InChI is InChI=1S/C13H15NO/c1-4-12-13(14-10(3)15-12)11-7-5-6-9(2)8-11/h5-8H,4H2,1-3H3. The van der Waals surface area contributed by atoms with Crippen molar-refractivity contribution in [1.82, 2.24) is 4.98 Å². The molecule has 2 nitrogen and oxygen atoms in total. The third-order valence-corrected chi connectivity index (χ3v) is 2.42. The number of hydrogen-bond donors (Lipinski definition) is 0. The SMILES string of the molecule is CCc1oc(C)nc1-c1cccc(C)c1. The van der Waals surface area contributed by atoms with Gasteiger partial charge in [0.25, 0.3) is 0 Å². The Morgan fingerprint density at radius 2 is 2.07 bits per heavy atom. The van der Waals surface area contributed by atoms with E-state index in [9.17, 15) is 0 Å². The molecule has 0 bridgehead atoms. The molecule has 1 heterocycles. The summed E-state index contributed by atoms with van der Waals surface area (Å²) in [5.41, 5.74) is 3.37. The average Bonchev–Trinajstić information content (AvgIpc) is 2.59. The average molecular weight is 201 g/mol. The van der Waals surface area contributed by atoms with E-state index in [0.29, 0.717) is 0 Å². The van der Waals surface area contributed by atoms with Crippen molar-refractivity contribution in [2.75, 3.05) is 0 Å². The van der Waals surface area contributed by atoms with Crippen LogP contribution in [0.5, 0.6) is 0 Å². The van der Waals surface area contributed by atoms with E-state index in [-0.39, 0.29) is 0 Å². The molecule has 0 aliphatic rings. The van der Waals surface area contributed by atoms with Crippen molar-refractivity contribution in [3.8, 4) is 11.3 Å². The molecule has 2 aromatic rings. The molecule has 0 aliphatic carbocycles. The maximum absolute atomic E-state index is 5.55. The molecule has 0 atom stereocenters. The van der Waals surface area contributed by atoms with Crippen LogP contribution < -0.4 is 0 Å². The quantitative estimate of drug-likeness (QED) is 0.743. The van der Waals surface area contributed by atoms with Crippen molar-refractivity contribution in [1.29, 1.82) is 0 Å². The number of aryl methyl sites for hydroxylation is 3. The first-order valence-corrected chi connectivity index (χ1v) is 5.24. The van der Waals surface area contributed by atoms with Crippen molar-refractivity contribution in [2.45, 2.75) is 27.2 Å². The monoisotopic (exact) mass is 201 g/mol. The molecule has 2 rings (SSSR count). The van der Waals surface area contributed by atoms with E-state index >= 15 is 0 Å². The van der Waals surface area contributed by atoms with Crippen LogP contribution in [0.25, 0.3) is 11.3 Å². The number of rotatable bonds is 2. The minimum absolute atomic E-state index is 0.739. The largest absolute Gasteiger partial charge is 0.445 e. The molecule has 0 saturated carbocycles. The van der Waals surface area contributed by atoms with Gasteiger partial charge in [-0.2, -0.15) is 0 Å². The van der Waals surface area contributed by atoms with Crippen LogP contribution in [0.4, 0.5) is 0 Å². The van der Waals surface area contributed by atoms with Crippen LogP contribution in [0.15, 0.2) is 28.7 Å². The number of aromatic nitrogens is 1.